The first-order valence-corrected chi connectivity index (χ1v) is 3.10. The SMILES string of the molecule is C=C/C(C)=C\C.CC(=N)N. The molecule has 0 aromatic rings. The molecule has 0 aliphatic rings. The number of hydrogen-bond donors (Lipinski definition) is 2. The van der Waals surface area contributed by atoms with Crippen molar-refractivity contribution in [2.75, 3.05) is 0 Å². The lowest BCUT2D eigenvalue weighted by Crippen LogP contribution is -2.00. The van der Waals surface area contributed by atoms with Crippen molar-refractivity contribution < 1.29 is 0 Å². The van der Waals surface area contributed by atoms with E-state index in [1.165, 1.54) is 12.5 Å². The molecule has 0 amide bonds. The summed E-state index contributed by atoms with van der Waals surface area (Å²) < 4.78 is 0. The zero-order chi connectivity index (χ0) is 8.57. The molecule has 0 saturated carbocycles. The van der Waals surface area contributed by atoms with E-state index < -0.39 is 0 Å². The topological polar surface area (TPSA) is 49.9 Å². The molecule has 0 spiro atoms. The Labute approximate surface area is 62.9 Å². The monoisotopic (exact) mass is 140 g/mol. The summed E-state index contributed by atoms with van der Waals surface area (Å²) in [5.41, 5.74) is 5.93. The lowest BCUT2D eigenvalue weighted by molar-refractivity contribution is 1.42. The van der Waals surface area contributed by atoms with Crippen molar-refractivity contribution >= 4 is 5.84 Å². The minimum absolute atomic E-state index is 0.167. The minimum atomic E-state index is 0.167. The van der Waals surface area contributed by atoms with E-state index in [1.54, 1.807) is 0 Å². The third-order valence-electron chi connectivity index (χ3n) is 0.777. The minimum Gasteiger partial charge on any atom is -0.388 e. The molecule has 10 heavy (non-hydrogen) atoms. The smallest absolute Gasteiger partial charge is 0.0873 e. The predicted molar refractivity (Wildman–Crippen MR) is 47.2 cm³/mol. The summed E-state index contributed by atoms with van der Waals surface area (Å²) in [5, 5.41) is 6.28. The number of nitrogens with two attached hydrogens (primary N) is 1. The van der Waals surface area contributed by atoms with Gasteiger partial charge in [0.05, 0.1) is 5.84 Å². The van der Waals surface area contributed by atoms with Crippen LogP contribution in [0.1, 0.15) is 20.8 Å². The van der Waals surface area contributed by atoms with Gasteiger partial charge in [-0.05, 0) is 20.8 Å². The number of rotatable bonds is 1. The summed E-state index contributed by atoms with van der Waals surface area (Å²) in [7, 11) is 0. The Hall–Kier alpha value is -1.05. The van der Waals surface area contributed by atoms with Gasteiger partial charge < -0.3 is 5.73 Å². The van der Waals surface area contributed by atoms with Crippen LogP contribution in [0.3, 0.4) is 0 Å². The highest BCUT2D eigenvalue weighted by Gasteiger charge is 1.66. The lowest BCUT2D eigenvalue weighted by Gasteiger charge is -1.78. The molecule has 0 aliphatic carbocycles. The van der Waals surface area contributed by atoms with Gasteiger partial charge in [-0.25, -0.2) is 0 Å². The van der Waals surface area contributed by atoms with E-state index >= 15 is 0 Å². The van der Waals surface area contributed by atoms with Gasteiger partial charge in [-0.2, -0.15) is 0 Å². The summed E-state index contributed by atoms with van der Waals surface area (Å²) in [5.74, 6) is 0.167. The fourth-order valence-corrected chi connectivity index (χ4v) is 0.118. The van der Waals surface area contributed by atoms with E-state index in [0.717, 1.165) is 0 Å². The molecule has 0 radical (unpaired) electrons. The second-order valence-corrected chi connectivity index (χ2v) is 1.92. The van der Waals surface area contributed by atoms with Gasteiger partial charge in [0.1, 0.15) is 0 Å². The summed E-state index contributed by atoms with van der Waals surface area (Å²) in [4.78, 5) is 0. The molecule has 0 saturated heterocycles. The maximum atomic E-state index is 6.28. The maximum Gasteiger partial charge on any atom is 0.0873 e. The van der Waals surface area contributed by atoms with Crippen molar-refractivity contribution in [1.82, 2.24) is 0 Å². The molecule has 3 N–H and O–H groups in total. The first-order chi connectivity index (χ1) is 4.54. The number of amidine groups is 1. The molecule has 0 aliphatic heterocycles. The Bertz CT molecular complexity index is 130. The second-order valence-electron chi connectivity index (χ2n) is 1.92. The van der Waals surface area contributed by atoms with Crippen LogP contribution in [-0.4, -0.2) is 5.84 Å². The summed E-state index contributed by atoms with van der Waals surface area (Å²) in [6.45, 7) is 9.11. The van der Waals surface area contributed by atoms with Crippen LogP contribution in [-0.2, 0) is 0 Å². The van der Waals surface area contributed by atoms with Crippen LogP contribution in [0, 0.1) is 5.41 Å². The summed E-state index contributed by atoms with van der Waals surface area (Å²) in [6, 6.07) is 0. The Balaban J connectivity index is 0. The van der Waals surface area contributed by atoms with Gasteiger partial charge in [0.25, 0.3) is 0 Å². The van der Waals surface area contributed by atoms with Crippen molar-refractivity contribution in [2.24, 2.45) is 5.73 Å². The molecular weight excluding hydrogens is 124 g/mol. The molecule has 0 atom stereocenters. The number of nitrogens with one attached hydrogen (secondary N) is 1. The van der Waals surface area contributed by atoms with Crippen LogP contribution in [0.2, 0.25) is 0 Å². The second kappa shape index (κ2) is 7.95. The Morgan fingerprint density at radius 2 is 1.80 bits per heavy atom. The van der Waals surface area contributed by atoms with E-state index in [1.807, 2.05) is 26.0 Å². The highest BCUT2D eigenvalue weighted by Crippen LogP contribution is 1.88. The average Bonchev–Trinajstić information content (AvgIpc) is 1.85. The van der Waals surface area contributed by atoms with Gasteiger partial charge in [-0.15, -0.1) is 0 Å². The molecule has 0 bridgehead atoms. The third-order valence-corrected chi connectivity index (χ3v) is 0.777. The van der Waals surface area contributed by atoms with Crippen molar-refractivity contribution in [1.29, 1.82) is 5.41 Å². The normalized spacial score (nSPS) is 9.30. The zero-order valence-electron chi connectivity index (χ0n) is 6.94. The molecular formula is C8H16N2. The molecule has 0 heterocycles. The Morgan fingerprint density at radius 1 is 1.50 bits per heavy atom. The maximum absolute atomic E-state index is 6.28. The van der Waals surface area contributed by atoms with Crippen molar-refractivity contribution in [2.45, 2.75) is 20.8 Å². The van der Waals surface area contributed by atoms with Crippen LogP contribution in [0.25, 0.3) is 0 Å². The Kier molecular flexibility index (Phi) is 9.31. The molecule has 0 unspecified atom stereocenters. The van der Waals surface area contributed by atoms with Crippen LogP contribution in [0.5, 0.6) is 0 Å². The lowest BCUT2D eigenvalue weighted by atomic mass is 10.3. The molecule has 0 rings (SSSR count). The molecule has 0 aromatic heterocycles. The van der Waals surface area contributed by atoms with E-state index in [0.29, 0.717) is 0 Å². The average molecular weight is 140 g/mol. The molecule has 2 nitrogen and oxygen atoms in total. The fourth-order valence-electron chi connectivity index (χ4n) is 0.118. The third kappa shape index (κ3) is 28.3. The van der Waals surface area contributed by atoms with E-state index in [9.17, 15) is 0 Å². The predicted octanol–water partition coefficient (Wildman–Crippen LogP) is 2.08. The molecule has 0 fully saturated rings. The summed E-state index contributed by atoms with van der Waals surface area (Å²) in [6.07, 6.45) is 3.85. The standard InChI is InChI=1S/C6H10.C2H6N2/c1-4-6(3)5-2;1-2(3)4/h4-5H,1H2,2-3H3;1H3,(H3,3,4)/b6-5-;. The van der Waals surface area contributed by atoms with Gasteiger partial charge in [0.2, 0.25) is 0 Å². The first-order valence-electron chi connectivity index (χ1n) is 3.10. The van der Waals surface area contributed by atoms with Gasteiger partial charge in [0, 0.05) is 0 Å². The highest BCUT2D eigenvalue weighted by atomic mass is 14.7. The van der Waals surface area contributed by atoms with Crippen molar-refractivity contribution in [3.05, 3.63) is 24.3 Å². The quantitative estimate of drug-likeness (QED) is 0.327. The zero-order valence-corrected chi connectivity index (χ0v) is 6.94. The van der Waals surface area contributed by atoms with Gasteiger partial charge >= 0.3 is 0 Å². The number of hydrogen-bond acceptors (Lipinski definition) is 1. The largest absolute Gasteiger partial charge is 0.388 e. The van der Waals surface area contributed by atoms with Gasteiger partial charge in [0.15, 0.2) is 0 Å². The van der Waals surface area contributed by atoms with Crippen LogP contribution >= 0.6 is 0 Å². The summed E-state index contributed by atoms with van der Waals surface area (Å²) >= 11 is 0. The highest BCUT2D eigenvalue weighted by molar-refractivity contribution is 5.73. The fraction of sp³-hybridized carbons (Fsp3) is 0.375. The Morgan fingerprint density at radius 3 is 1.80 bits per heavy atom. The van der Waals surface area contributed by atoms with Crippen molar-refractivity contribution in [3.8, 4) is 0 Å². The molecule has 2 heteroatoms. The van der Waals surface area contributed by atoms with Crippen LogP contribution < -0.4 is 5.73 Å². The van der Waals surface area contributed by atoms with Gasteiger partial charge in [-0.1, -0.05) is 24.3 Å². The van der Waals surface area contributed by atoms with Gasteiger partial charge in [-0.3, -0.25) is 5.41 Å². The molecule has 58 valence electrons. The molecule has 0 aromatic carbocycles. The van der Waals surface area contributed by atoms with E-state index in [4.69, 9.17) is 11.1 Å². The van der Waals surface area contributed by atoms with E-state index in [2.05, 4.69) is 6.58 Å². The van der Waals surface area contributed by atoms with Crippen molar-refractivity contribution in [3.63, 3.8) is 0 Å². The van der Waals surface area contributed by atoms with Crippen LogP contribution in [0.4, 0.5) is 0 Å². The number of allylic oxidation sites excluding steroid dienone is 3. The van der Waals surface area contributed by atoms with Crippen LogP contribution in [0.15, 0.2) is 24.3 Å². The first kappa shape index (κ1) is 11.7. The van der Waals surface area contributed by atoms with E-state index in [-0.39, 0.29) is 5.84 Å².